The number of rotatable bonds is 14. The Kier molecular flexibility index (Phi) is 12.3. The molecule has 1 heterocycles. The van der Waals surface area contributed by atoms with E-state index in [0.29, 0.717) is 45.2 Å². The van der Waals surface area contributed by atoms with E-state index in [1.807, 2.05) is 0 Å². The van der Waals surface area contributed by atoms with Gasteiger partial charge in [-0.3, -0.25) is 24.4 Å². The number of carbonyl (C=O) groups is 4. The van der Waals surface area contributed by atoms with Gasteiger partial charge in [0, 0.05) is 19.6 Å². The van der Waals surface area contributed by atoms with E-state index in [0.717, 1.165) is 0 Å². The average molecular weight is 499 g/mol. The van der Waals surface area contributed by atoms with Crippen molar-refractivity contribution in [1.29, 1.82) is 0 Å². The van der Waals surface area contributed by atoms with Gasteiger partial charge in [0.25, 0.3) is 0 Å². The Morgan fingerprint density at radius 3 is 2.11 bits per heavy atom. The van der Waals surface area contributed by atoms with E-state index in [2.05, 4.69) is 20.6 Å². The second-order valence-electron chi connectivity index (χ2n) is 8.32. The van der Waals surface area contributed by atoms with E-state index >= 15 is 0 Å². The molecule has 4 unspecified atom stereocenters. The van der Waals surface area contributed by atoms with Crippen LogP contribution in [0.5, 0.6) is 0 Å². The van der Waals surface area contributed by atoms with Gasteiger partial charge in [-0.05, 0) is 45.4 Å². The molecule has 0 bridgehead atoms. The molecule has 1 rings (SSSR count). The number of guanidine groups is 2. The molecule has 1 fully saturated rings. The van der Waals surface area contributed by atoms with Gasteiger partial charge in [-0.1, -0.05) is 0 Å². The molecule has 0 aromatic rings. The molecule has 0 aromatic heterocycles. The van der Waals surface area contributed by atoms with Crippen LogP contribution in [-0.2, 0) is 19.2 Å². The summed E-state index contributed by atoms with van der Waals surface area (Å²) in [7, 11) is 0. The van der Waals surface area contributed by atoms with Crippen LogP contribution >= 0.6 is 0 Å². The smallest absolute Gasteiger partial charge is 0.326 e. The monoisotopic (exact) mass is 498 g/mol. The highest BCUT2D eigenvalue weighted by Gasteiger charge is 2.37. The molecule has 15 heteroatoms. The van der Waals surface area contributed by atoms with Crippen molar-refractivity contribution in [2.75, 3.05) is 19.6 Å². The molecule has 1 aliphatic rings. The van der Waals surface area contributed by atoms with Crippen molar-refractivity contribution in [2.24, 2.45) is 38.7 Å². The second kappa shape index (κ2) is 14.6. The van der Waals surface area contributed by atoms with Crippen LogP contribution in [0.25, 0.3) is 0 Å². The summed E-state index contributed by atoms with van der Waals surface area (Å²) in [5, 5.41) is 14.3. The molecule has 4 atom stereocenters. The summed E-state index contributed by atoms with van der Waals surface area (Å²) in [6.07, 6.45) is 2.32. The highest BCUT2D eigenvalue weighted by Crippen LogP contribution is 2.19. The number of aliphatic carboxylic acids is 1. The van der Waals surface area contributed by atoms with Crippen LogP contribution in [0.15, 0.2) is 9.98 Å². The molecule has 0 aromatic carbocycles. The molecule has 198 valence electrons. The van der Waals surface area contributed by atoms with Crippen molar-refractivity contribution in [3.8, 4) is 0 Å². The van der Waals surface area contributed by atoms with Gasteiger partial charge in [0.15, 0.2) is 11.9 Å². The third kappa shape index (κ3) is 10.5. The SMILES string of the molecule is CC(NC(=O)C1CCCN1C(=O)C(N)CCCN=C(N)N)C(=O)NC(CCCN=C(N)N)C(=O)O. The van der Waals surface area contributed by atoms with Gasteiger partial charge in [-0.15, -0.1) is 0 Å². The molecule has 0 radical (unpaired) electrons. The fourth-order valence-corrected chi connectivity index (χ4v) is 3.59. The minimum absolute atomic E-state index is 0.0417. The highest BCUT2D eigenvalue weighted by molar-refractivity contribution is 5.94. The van der Waals surface area contributed by atoms with Gasteiger partial charge in [-0.25, -0.2) is 4.79 Å². The maximum atomic E-state index is 12.8. The first-order valence-corrected chi connectivity index (χ1v) is 11.4. The summed E-state index contributed by atoms with van der Waals surface area (Å²) in [5.74, 6) is -2.91. The minimum Gasteiger partial charge on any atom is -0.480 e. The standard InChI is InChI=1S/C20H38N10O5/c1-11(15(31)29-13(18(34)35)6-3-9-27-20(24)25)28-16(32)14-7-4-10-30(14)17(33)12(21)5-2-8-26-19(22)23/h11-14H,2-10,21H2,1H3,(H,28,32)(H,29,31)(H,34,35)(H4,22,23,26)(H4,24,25,27). The topological polar surface area (TPSA) is 271 Å². The third-order valence-corrected chi connectivity index (χ3v) is 5.44. The molecule has 35 heavy (non-hydrogen) atoms. The lowest BCUT2D eigenvalue weighted by molar-refractivity contribution is -0.143. The maximum absolute atomic E-state index is 12.8. The molecule has 1 aliphatic heterocycles. The Bertz CT molecular complexity index is 810. The van der Waals surface area contributed by atoms with Gasteiger partial charge in [0.2, 0.25) is 17.7 Å². The van der Waals surface area contributed by atoms with Crippen molar-refractivity contribution >= 4 is 35.6 Å². The minimum atomic E-state index is -1.22. The molecule has 0 saturated carbocycles. The average Bonchev–Trinajstić information content (AvgIpc) is 3.27. The van der Waals surface area contributed by atoms with Crippen LogP contribution < -0.4 is 39.3 Å². The lowest BCUT2D eigenvalue weighted by Gasteiger charge is -2.28. The summed E-state index contributed by atoms with van der Waals surface area (Å²) in [4.78, 5) is 58.5. The Morgan fingerprint density at radius 2 is 1.57 bits per heavy atom. The van der Waals surface area contributed by atoms with Crippen LogP contribution in [-0.4, -0.2) is 89.4 Å². The molecular formula is C20H38N10O5. The van der Waals surface area contributed by atoms with Gasteiger partial charge < -0.3 is 49.3 Å². The number of hydrogen-bond donors (Lipinski definition) is 8. The zero-order valence-electron chi connectivity index (χ0n) is 20.0. The number of carbonyl (C=O) groups excluding carboxylic acids is 3. The van der Waals surface area contributed by atoms with Crippen LogP contribution in [0, 0.1) is 0 Å². The third-order valence-electron chi connectivity index (χ3n) is 5.44. The largest absolute Gasteiger partial charge is 0.480 e. The number of amides is 3. The van der Waals surface area contributed by atoms with Gasteiger partial charge in [-0.2, -0.15) is 0 Å². The predicted octanol–water partition coefficient (Wildman–Crippen LogP) is -3.51. The number of nitrogens with two attached hydrogens (primary N) is 5. The molecular weight excluding hydrogens is 460 g/mol. The predicted molar refractivity (Wildman–Crippen MR) is 130 cm³/mol. The van der Waals surface area contributed by atoms with Crippen molar-refractivity contribution < 1.29 is 24.3 Å². The van der Waals surface area contributed by atoms with E-state index in [1.165, 1.54) is 11.8 Å². The van der Waals surface area contributed by atoms with Gasteiger partial charge in [0.1, 0.15) is 18.1 Å². The van der Waals surface area contributed by atoms with Gasteiger partial charge >= 0.3 is 5.97 Å². The second-order valence-corrected chi connectivity index (χ2v) is 8.32. The van der Waals surface area contributed by atoms with Crippen LogP contribution in [0.2, 0.25) is 0 Å². The number of carboxylic acids is 1. The zero-order valence-corrected chi connectivity index (χ0v) is 20.0. The van der Waals surface area contributed by atoms with E-state index < -0.39 is 42.0 Å². The summed E-state index contributed by atoms with van der Waals surface area (Å²) >= 11 is 0. The fourth-order valence-electron chi connectivity index (χ4n) is 3.59. The molecule has 3 amide bonds. The fraction of sp³-hybridized carbons (Fsp3) is 0.700. The van der Waals surface area contributed by atoms with Crippen molar-refractivity contribution in [2.45, 2.75) is 69.6 Å². The number of hydrogen-bond acceptors (Lipinski definition) is 7. The number of carboxylic acid groups (broad SMARTS) is 1. The van der Waals surface area contributed by atoms with E-state index in [9.17, 15) is 24.3 Å². The Labute approximate surface area is 203 Å². The molecule has 15 nitrogen and oxygen atoms in total. The summed E-state index contributed by atoms with van der Waals surface area (Å²) in [6, 6.07) is -3.77. The van der Waals surface area contributed by atoms with E-state index in [4.69, 9.17) is 28.7 Å². The number of likely N-dealkylation sites (tertiary alicyclic amines) is 1. The molecule has 1 saturated heterocycles. The molecule has 0 spiro atoms. The van der Waals surface area contributed by atoms with Crippen molar-refractivity contribution in [3.05, 3.63) is 0 Å². The normalized spacial score (nSPS) is 17.5. The summed E-state index contributed by atoms with van der Waals surface area (Å²) < 4.78 is 0. The van der Waals surface area contributed by atoms with Crippen LogP contribution in [0.1, 0.15) is 45.4 Å². The van der Waals surface area contributed by atoms with Gasteiger partial charge in [0.05, 0.1) is 6.04 Å². The Balaban J connectivity index is 2.61. The molecule has 0 aliphatic carbocycles. The van der Waals surface area contributed by atoms with Crippen LogP contribution in [0.4, 0.5) is 0 Å². The Morgan fingerprint density at radius 1 is 1.00 bits per heavy atom. The lowest BCUT2D eigenvalue weighted by Crippen LogP contribution is -2.55. The van der Waals surface area contributed by atoms with Crippen molar-refractivity contribution in [3.63, 3.8) is 0 Å². The quantitative estimate of drug-likeness (QED) is 0.0664. The summed E-state index contributed by atoms with van der Waals surface area (Å²) in [6.45, 7) is 2.36. The zero-order chi connectivity index (χ0) is 26.5. The van der Waals surface area contributed by atoms with Crippen molar-refractivity contribution in [1.82, 2.24) is 15.5 Å². The first-order valence-electron chi connectivity index (χ1n) is 11.4. The maximum Gasteiger partial charge on any atom is 0.326 e. The summed E-state index contributed by atoms with van der Waals surface area (Å²) in [5.41, 5.74) is 27.0. The van der Waals surface area contributed by atoms with E-state index in [1.54, 1.807) is 0 Å². The first-order chi connectivity index (χ1) is 16.4. The van der Waals surface area contributed by atoms with E-state index in [-0.39, 0.29) is 30.8 Å². The number of nitrogens with one attached hydrogen (secondary N) is 2. The number of nitrogens with zero attached hydrogens (tertiary/aromatic N) is 3. The van der Waals surface area contributed by atoms with Crippen LogP contribution in [0.3, 0.4) is 0 Å². The number of aliphatic imine (C=N–C) groups is 2. The Hall–Kier alpha value is -3.62. The highest BCUT2D eigenvalue weighted by atomic mass is 16.4. The lowest BCUT2D eigenvalue weighted by atomic mass is 10.1. The molecule has 13 N–H and O–H groups in total. The first kappa shape index (κ1) is 29.4.